The molecule has 0 radical (unpaired) electrons. The third-order valence-corrected chi connectivity index (χ3v) is 4.77. The lowest BCUT2D eigenvalue weighted by molar-refractivity contribution is -0.385. The maximum Gasteiger partial charge on any atom is 0.284 e. The molecule has 0 atom stereocenters. The van der Waals surface area contributed by atoms with E-state index in [1.54, 1.807) is 30.3 Å². The minimum absolute atomic E-state index is 0.134. The van der Waals surface area contributed by atoms with Crippen molar-refractivity contribution in [2.24, 2.45) is 0 Å². The molecule has 8 heteroatoms. The number of hydrogen-bond donors (Lipinski definition) is 2. The Morgan fingerprint density at radius 1 is 0.862 bits per heavy atom. The van der Waals surface area contributed by atoms with Gasteiger partial charge < -0.3 is 10.6 Å². The van der Waals surface area contributed by atoms with Crippen LogP contribution in [0.3, 0.4) is 0 Å². The molecule has 0 heterocycles. The molecule has 0 aliphatic rings. The fraction of sp³-hybridized carbons (Fsp3) is 0.0476. The van der Waals surface area contributed by atoms with Crippen molar-refractivity contribution in [3.8, 4) is 0 Å². The van der Waals surface area contributed by atoms with E-state index < -0.39 is 10.8 Å². The van der Waals surface area contributed by atoms with Crippen LogP contribution >= 0.6 is 15.9 Å². The van der Waals surface area contributed by atoms with Gasteiger partial charge in [0.2, 0.25) is 0 Å². The summed E-state index contributed by atoms with van der Waals surface area (Å²) in [7, 11) is 0. The number of hydrogen-bond acceptors (Lipinski definition) is 4. The summed E-state index contributed by atoms with van der Waals surface area (Å²) in [5, 5.41) is 16.5. The zero-order chi connectivity index (χ0) is 21.0. The van der Waals surface area contributed by atoms with Crippen LogP contribution in [0.4, 0.5) is 17.1 Å². The molecule has 146 valence electrons. The summed E-state index contributed by atoms with van der Waals surface area (Å²) in [5.74, 6) is -0.832. The molecular formula is C21H16BrN3O4. The summed E-state index contributed by atoms with van der Waals surface area (Å²) < 4.78 is 0.286. The molecule has 3 aromatic carbocycles. The summed E-state index contributed by atoms with van der Waals surface area (Å²) in [5.41, 5.74) is 2.44. The second-order valence-corrected chi connectivity index (χ2v) is 7.13. The van der Waals surface area contributed by atoms with Gasteiger partial charge in [-0.15, -0.1) is 0 Å². The molecule has 3 aromatic rings. The number of halogens is 1. The van der Waals surface area contributed by atoms with Crippen LogP contribution in [0.1, 0.15) is 26.3 Å². The zero-order valence-corrected chi connectivity index (χ0v) is 16.9. The zero-order valence-electron chi connectivity index (χ0n) is 15.3. The Balaban J connectivity index is 1.75. The van der Waals surface area contributed by atoms with Crippen LogP contribution in [-0.2, 0) is 0 Å². The van der Waals surface area contributed by atoms with Gasteiger partial charge in [0.1, 0.15) is 0 Å². The molecule has 0 saturated carbocycles. The van der Waals surface area contributed by atoms with E-state index in [9.17, 15) is 19.7 Å². The van der Waals surface area contributed by atoms with E-state index in [0.29, 0.717) is 16.9 Å². The van der Waals surface area contributed by atoms with Gasteiger partial charge in [-0.25, -0.2) is 0 Å². The first-order valence-corrected chi connectivity index (χ1v) is 9.36. The first-order chi connectivity index (χ1) is 13.8. The van der Waals surface area contributed by atoms with E-state index in [1.165, 1.54) is 24.3 Å². The van der Waals surface area contributed by atoms with Crippen LogP contribution < -0.4 is 10.6 Å². The number of rotatable bonds is 5. The Morgan fingerprint density at radius 3 is 2.14 bits per heavy atom. The Morgan fingerprint density at radius 2 is 1.48 bits per heavy atom. The van der Waals surface area contributed by atoms with Crippen molar-refractivity contribution in [2.75, 3.05) is 10.6 Å². The van der Waals surface area contributed by atoms with Crippen molar-refractivity contribution in [1.29, 1.82) is 0 Å². The molecule has 2 N–H and O–H groups in total. The molecule has 7 nitrogen and oxygen atoms in total. The normalized spacial score (nSPS) is 10.3. The smallest absolute Gasteiger partial charge is 0.284 e. The van der Waals surface area contributed by atoms with Crippen molar-refractivity contribution in [1.82, 2.24) is 0 Å². The van der Waals surface area contributed by atoms with Crippen molar-refractivity contribution in [3.05, 3.63) is 98.0 Å². The number of nitrogens with one attached hydrogen (secondary N) is 2. The minimum Gasteiger partial charge on any atom is -0.322 e. The fourth-order valence-corrected chi connectivity index (χ4v) is 2.97. The Bertz CT molecular complexity index is 1100. The highest BCUT2D eigenvalue weighted by Crippen LogP contribution is 2.26. The second kappa shape index (κ2) is 8.66. The molecular weight excluding hydrogens is 438 g/mol. The minimum atomic E-state index is -0.573. The molecule has 0 aliphatic heterocycles. The lowest BCUT2D eigenvalue weighted by Crippen LogP contribution is -2.15. The summed E-state index contributed by atoms with van der Waals surface area (Å²) in [4.78, 5) is 35.4. The molecule has 0 saturated heterocycles. The van der Waals surface area contributed by atoms with Crippen LogP contribution in [0.5, 0.6) is 0 Å². The predicted octanol–water partition coefficient (Wildman–Crippen LogP) is 5.17. The number of nitro groups is 1. The molecule has 0 unspecified atom stereocenters. The monoisotopic (exact) mass is 453 g/mol. The average Bonchev–Trinajstić information content (AvgIpc) is 2.70. The SMILES string of the molecule is Cc1ccc(NC(=O)c2cccc(NC(=O)c3ccc(Br)c([N+](=O)[O-])c3)c2)cc1. The standard InChI is InChI=1S/C21H16BrN3O4/c1-13-5-8-16(9-6-13)23-20(26)14-3-2-4-17(11-14)24-21(27)15-7-10-18(22)19(12-15)25(28)29/h2-12H,1H3,(H,23,26)(H,24,27). The van der Waals surface area contributed by atoms with Crippen LogP contribution in [0.25, 0.3) is 0 Å². The third-order valence-electron chi connectivity index (χ3n) is 4.10. The summed E-state index contributed by atoms with van der Waals surface area (Å²) in [6.07, 6.45) is 0. The van der Waals surface area contributed by atoms with Crippen LogP contribution in [0.15, 0.2) is 71.2 Å². The van der Waals surface area contributed by atoms with Gasteiger partial charge in [0, 0.05) is 28.6 Å². The third kappa shape index (κ3) is 5.05. The van der Waals surface area contributed by atoms with E-state index in [4.69, 9.17) is 0 Å². The summed E-state index contributed by atoms with van der Waals surface area (Å²) in [6, 6.07) is 17.9. The van der Waals surface area contributed by atoms with E-state index in [0.717, 1.165) is 5.56 Å². The number of anilines is 2. The van der Waals surface area contributed by atoms with Crippen molar-refractivity contribution in [3.63, 3.8) is 0 Å². The largest absolute Gasteiger partial charge is 0.322 e. The lowest BCUT2D eigenvalue weighted by Gasteiger charge is -2.09. The van der Waals surface area contributed by atoms with Crippen molar-refractivity contribution in [2.45, 2.75) is 6.92 Å². The number of aryl methyl sites for hydroxylation is 1. The number of benzene rings is 3. The molecule has 29 heavy (non-hydrogen) atoms. The van der Waals surface area contributed by atoms with Gasteiger partial charge >= 0.3 is 0 Å². The molecule has 0 bridgehead atoms. The highest BCUT2D eigenvalue weighted by Gasteiger charge is 2.16. The Labute approximate surface area is 175 Å². The average molecular weight is 454 g/mol. The lowest BCUT2D eigenvalue weighted by atomic mass is 10.1. The van der Waals surface area contributed by atoms with E-state index in [-0.39, 0.29) is 21.6 Å². The summed E-state index contributed by atoms with van der Waals surface area (Å²) >= 11 is 3.09. The van der Waals surface area contributed by atoms with Crippen LogP contribution in [0, 0.1) is 17.0 Å². The molecule has 3 rings (SSSR count). The van der Waals surface area contributed by atoms with Gasteiger partial charge in [0.05, 0.1) is 9.40 Å². The van der Waals surface area contributed by atoms with Gasteiger partial charge in [0.15, 0.2) is 0 Å². The highest BCUT2D eigenvalue weighted by molar-refractivity contribution is 9.10. The molecule has 0 aliphatic carbocycles. The number of nitrogens with zero attached hydrogens (tertiary/aromatic N) is 1. The molecule has 0 spiro atoms. The van der Waals surface area contributed by atoms with Gasteiger partial charge in [-0.05, 0) is 65.3 Å². The quantitative estimate of drug-likeness (QED) is 0.410. The number of nitro benzene ring substituents is 1. The topological polar surface area (TPSA) is 101 Å². The predicted molar refractivity (Wildman–Crippen MR) is 114 cm³/mol. The van der Waals surface area contributed by atoms with Gasteiger partial charge in [-0.1, -0.05) is 23.8 Å². The van der Waals surface area contributed by atoms with Crippen molar-refractivity contribution >= 4 is 44.8 Å². The van der Waals surface area contributed by atoms with Gasteiger partial charge in [-0.2, -0.15) is 0 Å². The summed E-state index contributed by atoms with van der Waals surface area (Å²) in [6.45, 7) is 1.96. The number of carbonyl (C=O) groups is 2. The van der Waals surface area contributed by atoms with Gasteiger partial charge in [-0.3, -0.25) is 19.7 Å². The maximum atomic E-state index is 12.5. The molecule has 0 fully saturated rings. The van der Waals surface area contributed by atoms with Crippen LogP contribution in [0.2, 0.25) is 0 Å². The Kier molecular flexibility index (Phi) is 6.04. The highest BCUT2D eigenvalue weighted by atomic mass is 79.9. The first kappa shape index (κ1) is 20.2. The van der Waals surface area contributed by atoms with E-state index >= 15 is 0 Å². The molecule has 0 aromatic heterocycles. The van der Waals surface area contributed by atoms with E-state index in [2.05, 4.69) is 26.6 Å². The second-order valence-electron chi connectivity index (χ2n) is 6.28. The first-order valence-electron chi connectivity index (χ1n) is 8.57. The Hall–Kier alpha value is -3.52. The van der Waals surface area contributed by atoms with Crippen molar-refractivity contribution < 1.29 is 14.5 Å². The molecule has 2 amide bonds. The fourth-order valence-electron chi connectivity index (χ4n) is 2.58. The maximum absolute atomic E-state index is 12.5. The van der Waals surface area contributed by atoms with Gasteiger partial charge in [0.25, 0.3) is 17.5 Å². The number of amides is 2. The van der Waals surface area contributed by atoms with Crippen LogP contribution in [-0.4, -0.2) is 16.7 Å². The van der Waals surface area contributed by atoms with E-state index in [1.807, 2.05) is 19.1 Å². The number of carbonyl (C=O) groups excluding carboxylic acids is 2.